The topological polar surface area (TPSA) is 120 Å². The van der Waals surface area contributed by atoms with Crippen molar-refractivity contribution < 1.29 is 32.5 Å². The number of carbonyl (C=O) groups is 2. The summed E-state index contributed by atoms with van der Waals surface area (Å²) in [4.78, 5) is 32.0. The van der Waals surface area contributed by atoms with Crippen LogP contribution >= 0.6 is 0 Å². The second-order valence-electron chi connectivity index (χ2n) is 9.19. The number of benzene rings is 2. The summed E-state index contributed by atoms with van der Waals surface area (Å²) in [5, 5.41) is 6.22. The number of amides is 2. The standard InChI is InChI=1S/C24H28F2N4O5Si/c1-30(24(32)19-12-21(34-27)29-35-19)22(15-8-6-14(7-9-15)13-33-2)23(31)28-18-10-17(26)20(11-16(18)25)36(3,4)5/h6-12,22H,13,27H2,1-5H3,(H,28,31). The number of hydrogen-bond donors (Lipinski definition) is 2. The number of aromatic nitrogens is 1. The molecule has 0 aliphatic rings. The third kappa shape index (κ3) is 5.95. The average Bonchev–Trinajstić information content (AvgIpc) is 3.30. The smallest absolute Gasteiger partial charge is 0.293 e. The van der Waals surface area contributed by atoms with Crippen LogP contribution in [0.2, 0.25) is 19.6 Å². The maximum atomic E-state index is 14.9. The molecule has 0 aliphatic carbocycles. The Balaban J connectivity index is 1.97. The van der Waals surface area contributed by atoms with Crippen LogP contribution in [-0.4, -0.2) is 44.1 Å². The van der Waals surface area contributed by atoms with E-state index in [0.29, 0.717) is 17.4 Å². The fraction of sp³-hybridized carbons (Fsp3) is 0.292. The highest BCUT2D eigenvalue weighted by Gasteiger charge is 2.32. The Kier molecular flexibility index (Phi) is 8.23. The molecule has 2 aromatic carbocycles. The van der Waals surface area contributed by atoms with Gasteiger partial charge >= 0.3 is 0 Å². The summed E-state index contributed by atoms with van der Waals surface area (Å²) >= 11 is 0. The molecule has 36 heavy (non-hydrogen) atoms. The molecule has 0 aliphatic heterocycles. The van der Waals surface area contributed by atoms with Crippen LogP contribution in [0.1, 0.15) is 27.7 Å². The number of likely N-dealkylation sites (N-methyl/N-ethyl adjacent to an activating group) is 1. The third-order valence-corrected chi connectivity index (χ3v) is 7.50. The number of nitrogens with one attached hydrogen (secondary N) is 1. The highest BCUT2D eigenvalue weighted by atomic mass is 28.3. The van der Waals surface area contributed by atoms with Crippen molar-refractivity contribution in [3.8, 4) is 5.88 Å². The van der Waals surface area contributed by atoms with Gasteiger partial charge in [0.2, 0.25) is 5.76 Å². The summed E-state index contributed by atoms with van der Waals surface area (Å²) < 4.78 is 39.7. The van der Waals surface area contributed by atoms with Gasteiger partial charge in [-0.3, -0.25) is 9.59 Å². The third-order valence-electron chi connectivity index (χ3n) is 5.51. The quantitative estimate of drug-likeness (QED) is 0.329. The van der Waals surface area contributed by atoms with Crippen LogP contribution in [0.5, 0.6) is 5.88 Å². The molecular formula is C24H28F2N4O5Si. The number of anilines is 1. The van der Waals surface area contributed by atoms with Crippen molar-refractivity contribution in [3.05, 3.63) is 71.0 Å². The van der Waals surface area contributed by atoms with Gasteiger partial charge in [0.1, 0.15) is 17.7 Å². The Morgan fingerprint density at radius 1 is 1.14 bits per heavy atom. The number of nitrogens with zero attached hydrogens (tertiary/aromatic N) is 2. The minimum Gasteiger partial charge on any atom is -0.388 e. The summed E-state index contributed by atoms with van der Waals surface area (Å²) in [7, 11) is 0.761. The minimum atomic E-state index is -2.16. The zero-order valence-corrected chi connectivity index (χ0v) is 21.6. The van der Waals surface area contributed by atoms with E-state index in [0.717, 1.165) is 22.6 Å². The fourth-order valence-corrected chi connectivity index (χ4v) is 4.99. The van der Waals surface area contributed by atoms with E-state index in [9.17, 15) is 18.4 Å². The highest BCUT2D eigenvalue weighted by Crippen LogP contribution is 2.26. The van der Waals surface area contributed by atoms with E-state index in [2.05, 4.69) is 15.3 Å². The van der Waals surface area contributed by atoms with Gasteiger partial charge in [0.25, 0.3) is 17.7 Å². The fourth-order valence-electron chi connectivity index (χ4n) is 3.64. The van der Waals surface area contributed by atoms with Crippen LogP contribution in [0.3, 0.4) is 0 Å². The van der Waals surface area contributed by atoms with Crippen molar-refractivity contribution in [3.63, 3.8) is 0 Å². The first-order chi connectivity index (χ1) is 17.0. The average molecular weight is 519 g/mol. The van der Waals surface area contributed by atoms with Gasteiger partial charge in [0, 0.05) is 20.2 Å². The second kappa shape index (κ2) is 11.0. The van der Waals surface area contributed by atoms with Crippen LogP contribution in [0.4, 0.5) is 14.5 Å². The van der Waals surface area contributed by atoms with Crippen molar-refractivity contribution in [2.75, 3.05) is 19.5 Å². The first-order valence-electron chi connectivity index (χ1n) is 10.9. The van der Waals surface area contributed by atoms with E-state index in [-0.39, 0.29) is 17.3 Å². The molecule has 1 aromatic heterocycles. The maximum absolute atomic E-state index is 14.9. The molecule has 3 rings (SSSR count). The number of ether oxygens (including phenoxy) is 1. The largest absolute Gasteiger partial charge is 0.388 e. The molecule has 0 radical (unpaired) electrons. The number of nitrogens with two attached hydrogens (primary N) is 1. The number of halogens is 2. The summed E-state index contributed by atoms with van der Waals surface area (Å²) in [5.74, 6) is 1.82. The lowest BCUT2D eigenvalue weighted by molar-refractivity contribution is -0.120. The lowest BCUT2D eigenvalue weighted by atomic mass is 10.0. The zero-order valence-electron chi connectivity index (χ0n) is 20.6. The number of hydrogen-bond acceptors (Lipinski definition) is 7. The van der Waals surface area contributed by atoms with Gasteiger partial charge in [-0.1, -0.05) is 43.9 Å². The van der Waals surface area contributed by atoms with Crippen LogP contribution in [-0.2, 0) is 16.1 Å². The molecule has 3 N–H and O–H groups in total. The summed E-state index contributed by atoms with van der Waals surface area (Å²) in [6.45, 7) is 6.01. The Bertz CT molecular complexity index is 1240. The monoisotopic (exact) mass is 518 g/mol. The molecular weight excluding hydrogens is 490 g/mol. The van der Waals surface area contributed by atoms with Crippen LogP contribution < -0.4 is 21.2 Å². The molecule has 9 nitrogen and oxygen atoms in total. The lowest BCUT2D eigenvalue weighted by Gasteiger charge is -2.27. The Morgan fingerprint density at radius 3 is 2.36 bits per heavy atom. The molecule has 0 fully saturated rings. The highest BCUT2D eigenvalue weighted by molar-refractivity contribution is 6.88. The molecule has 1 unspecified atom stereocenters. The van der Waals surface area contributed by atoms with E-state index in [1.807, 2.05) is 19.6 Å². The molecule has 0 spiro atoms. The van der Waals surface area contributed by atoms with Gasteiger partial charge in [-0.05, 0) is 27.5 Å². The SMILES string of the molecule is COCc1ccc(C(C(=O)Nc2cc(F)c([Si](C)(C)C)cc2F)N(C)C(=O)c2cc(ON)no2)cc1. The van der Waals surface area contributed by atoms with E-state index in [1.54, 1.807) is 31.4 Å². The normalized spacial score (nSPS) is 12.2. The van der Waals surface area contributed by atoms with Crippen molar-refractivity contribution in [2.45, 2.75) is 32.3 Å². The van der Waals surface area contributed by atoms with Crippen LogP contribution in [0.25, 0.3) is 0 Å². The molecule has 192 valence electrons. The lowest BCUT2D eigenvalue weighted by Crippen LogP contribution is -2.41. The molecule has 0 bridgehead atoms. The number of carbonyl (C=O) groups excluding carboxylic acids is 2. The van der Waals surface area contributed by atoms with E-state index < -0.39 is 37.6 Å². The predicted molar refractivity (Wildman–Crippen MR) is 131 cm³/mol. The predicted octanol–water partition coefficient (Wildman–Crippen LogP) is 3.35. The number of rotatable bonds is 9. The first kappa shape index (κ1) is 27.0. The van der Waals surface area contributed by atoms with Crippen LogP contribution in [0.15, 0.2) is 47.0 Å². The van der Waals surface area contributed by atoms with Gasteiger partial charge in [-0.2, -0.15) is 5.90 Å². The Morgan fingerprint density at radius 2 is 1.81 bits per heavy atom. The van der Waals surface area contributed by atoms with Gasteiger partial charge in [-0.15, -0.1) is 0 Å². The van der Waals surface area contributed by atoms with Crippen LogP contribution in [0, 0.1) is 11.6 Å². The summed E-state index contributed by atoms with van der Waals surface area (Å²) in [5.41, 5.74) is 0.918. The first-order valence-corrected chi connectivity index (χ1v) is 14.4. The molecule has 2 amide bonds. The Hall–Kier alpha value is -3.61. The minimum absolute atomic E-state index is 0.128. The maximum Gasteiger partial charge on any atom is 0.293 e. The molecule has 12 heteroatoms. The molecule has 0 saturated heterocycles. The van der Waals surface area contributed by atoms with E-state index in [1.165, 1.54) is 13.1 Å². The van der Waals surface area contributed by atoms with Gasteiger partial charge in [0.15, 0.2) is 0 Å². The van der Waals surface area contributed by atoms with Gasteiger partial charge in [-0.25, -0.2) is 8.78 Å². The molecule has 3 aromatic rings. The van der Waals surface area contributed by atoms with Crippen molar-refractivity contribution in [1.82, 2.24) is 10.1 Å². The van der Waals surface area contributed by atoms with Gasteiger partial charge < -0.3 is 24.3 Å². The van der Waals surface area contributed by atoms with E-state index >= 15 is 0 Å². The summed E-state index contributed by atoms with van der Waals surface area (Å²) in [6.07, 6.45) is 0. The zero-order chi connectivity index (χ0) is 26.6. The Labute approximate surface area is 208 Å². The van der Waals surface area contributed by atoms with E-state index in [4.69, 9.17) is 15.2 Å². The van der Waals surface area contributed by atoms with Crippen molar-refractivity contribution in [2.24, 2.45) is 5.90 Å². The molecule has 1 atom stereocenters. The molecule has 1 heterocycles. The number of methoxy groups -OCH3 is 1. The summed E-state index contributed by atoms with van der Waals surface area (Å²) in [6, 6.07) is 8.75. The van der Waals surface area contributed by atoms with Crippen molar-refractivity contribution >= 4 is 30.8 Å². The molecule has 0 saturated carbocycles. The van der Waals surface area contributed by atoms with Crippen molar-refractivity contribution in [1.29, 1.82) is 0 Å². The van der Waals surface area contributed by atoms with Gasteiger partial charge in [0.05, 0.1) is 26.4 Å². The second-order valence-corrected chi connectivity index (χ2v) is 14.2.